The molecule has 0 aliphatic rings. The van der Waals surface area contributed by atoms with Crippen LogP contribution in [-0.2, 0) is 4.79 Å². The molecule has 1 atom stereocenters. The predicted octanol–water partition coefficient (Wildman–Crippen LogP) is 2.56. The lowest BCUT2D eigenvalue weighted by Gasteiger charge is -2.07. The molecule has 0 bridgehead atoms. The highest BCUT2D eigenvalue weighted by molar-refractivity contribution is 8.00. The second kappa shape index (κ2) is 5.34. The van der Waals surface area contributed by atoms with E-state index >= 15 is 0 Å². The van der Waals surface area contributed by atoms with E-state index in [9.17, 15) is 9.59 Å². The van der Waals surface area contributed by atoms with Crippen molar-refractivity contribution in [3.8, 4) is 0 Å². The zero-order valence-corrected chi connectivity index (χ0v) is 12.4. The van der Waals surface area contributed by atoms with Gasteiger partial charge in [0.05, 0.1) is 5.39 Å². The number of thioether (sulfide) groups is 1. The molecule has 0 spiro atoms. The first kappa shape index (κ1) is 14.1. The van der Waals surface area contributed by atoms with Crippen LogP contribution in [0.1, 0.15) is 23.8 Å². The third-order valence-electron chi connectivity index (χ3n) is 2.92. The van der Waals surface area contributed by atoms with Crippen molar-refractivity contribution in [2.24, 2.45) is 0 Å². The van der Waals surface area contributed by atoms with Crippen molar-refractivity contribution in [1.29, 1.82) is 0 Å². The zero-order valence-electron chi connectivity index (χ0n) is 10.8. The van der Waals surface area contributed by atoms with Gasteiger partial charge in [0.25, 0.3) is 5.56 Å². The fourth-order valence-electron chi connectivity index (χ4n) is 1.73. The Kier molecular flexibility index (Phi) is 3.96. The number of aromatic amines is 1. The van der Waals surface area contributed by atoms with Gasteiger partial charge in [0, 0.05) is 4.88 Å². The van der Waals surface area contributed by atoms with Gasteiger partial charge in [-0.05, 0) is 25.8 Å². The number of aryl methyl sites for hydroxylation is 2. The largest absolute Gasteiger partial charge is 0.480 e. The molecule has 2 N–H and O–H groups in total. The highest BCUT2D eigenvalue weighted by Gasteiger charge is 2.19. The van der Waals surface area contributed by atoms with Gasteiger partial charge in [0.15, 0.2) is 5.16 Å². The topological polar surface area (TPSA) is 83.0 Å². The van der Waals surface area contributed by atoms with Crippen molar-refractivity contribution in [1.82, 2.24) is 9.97 Å². The predicted molar refractivity (Wildman–Crippen MR) is 77.3 cm³/mol. The minimum Gasteiger partial charge on any atom is -0.480 e. The smallest absolute Gasteiger partial charge is 0.317 e. The number of H-pyrrole nitrogens is 1. The van der Waals surface area contributed by atoms with Gasteiger partial charge in [0.2, 0.25) is 0 Å². The van der Waals surface area contributed by atoms with Crippen LogP contribution < -0.4 is 5.56 Å². The molecule has 102 valence electrons. The first-order valence-electron chi connectivity index (χ1n) is 5.83. The van der Waals surface area contributed by atoms with Crippen molar-refractivity contribution in [2.45, 2.75) is 37.6 Å². The van der Waals surface area contributed by atoms with Crippen LogP contribution in [0.3, 0.4) is 0 Å². The SMILES string of the molecule is CCC(Sc1nc2sc(C)c(C)c2c(=O)[nH]1)C(=O)O. The van der Waals surface area contributed by atoms with Crippen LogP contribution in [0.5, 0.6) is 0 Å². The molecule has 5 nitrogen and oxygen atoms in total. The Morgan fingerprint density at radius 3 is 2.79 bits per heavy atom. The van der Waals surface area contributed by atoms with Crippen LogP contribution >= 0.6 is 23.1 Å². The number of rotatable bonds is 4. The number of hydrogen-bond donors (Lipinski definition) is 2. The van der Waals surface area contributed by atoms with Crippen molar-refractivity contribution in [2.75, 3.05) is 0 Å². The monoisotopic (exact) mass is 298 g/mol. The molecule has 0 aromatic carbocycles. The van der Waals surface area contributed by atoms with E-state index in [1.165, 1.54) is 11.3 Å². The molecule has 0 radical (unpaired) electrons. The van der Waals surface area contributed by atoms with E-state index in [2.05, 4.69) is 9.97 Å². The molecule has 19 heavy (non-hydrogen) atoms. The molecular formula is C12H14N2O3S2. The second-order valence-corrected chi connectivity index (χ2v) is 6.58. The van der Waals surface area contributed by atoms with Crippen LogP contribution in [0.2, 0.25) is 0 Å². The zero-order chi connectivity index (χ0) is 14.2. The molecular weight excluding hydrogens is 284 g/mol. The lowest BCUT2D eigenvalue weighted by atomic mass is 10.2. The van der Waals surface area contributed by atoms with Crippen LogP contribution in [0.15, 0.2) is 9.95 Å². The summed E-state index contributed by atoms with van der Waals surface area (Å²) in [6, 6.07) is 0. The number of aliphatic carboxylic acids is 1. The summed E-state index contributed by atoms with van der Waals surface area (Å²) in [6.07, 6.45) is 0.476. The van der Waals surface area contributed by atoms with Crippen molar-refractivity contribution in [3.63, 3.8) is 0 Å². The van der Waals surface area contributed by atoms with Crippen LogP contribution in [-0.4, -0.2) is 26.3 Å². The summed E-state index contributed by atoms with van der Waals surface area (Å²) in [5.74, 6) is -0.895. The Hall–Kier alpha value is -1.34. The molecule has 1 unspecified atom stereocenters. The maximum atomic E-state index is 12.0. The van der Waals surface area contributed by atoms with Gasteiger partial charge in [-0.2, -0.15) is 0 Å². The fraction of sp³-hybridized carbons (Fsp3) is 0.417. The number of nitrogens with zero attached hydrogens (tertiary/aromatic N) is 1. The van der Waals surface area contributed by atoms with Gasteiger partial charge >= 0.3 is 5.97 Å². The van der Waals surface area contributed by atoms with Crippen LogP contribution in [0, 0.1) is 13.8 Å². The fourth-order valence-corrected chi connectivity index (χ4v) is 3.65. The van der Waals surface area contributed by atoms with E-state index in [1.54, 1.807) is 6.92 Å². The molecule has 2 heterocycles. The summed E-state index contributed by atoms with van der Waals surface area (Å²) in [5, 5.41) is 9.41. The van der Waals surface area contributed by atoms with Gasteiger partial charge in [-0.25, -0.2) is 4.98 Å². The Labute approximate surface area is 118 Å². The highest BCUT2D eigenvalue weighted by atomic mass is 32.2. The summed E-state index contributed by atoms with van der Waals surface area (Å²) < 4.78 is 0. The summed E-state index contributed by atoms with van der Waals surface area (Å²) >= 11 is 2.54. The van der Waals surface area contributed by atoms with E-state index < -0.39 is 11.2 Å². The Morgan fingerprint density at radius 1 is 1.53 bits per heavy atom. The maximum absolute atomic E-state index is 12.0. The first-order valence-corrected chi connectivity index (χ1v) is 7.53. The molecule has 7 heteroatoms. The van der Waals surface area contributed by atoms with Crippen molar-refractivity contribution >= 4 is 39.3 Å². The van der Waals surface area contributed by atoms with E-state index in [0.29, 0.717) is 21.8 Å². The quantitative estimate of drug-likeness (QED) is 0.669. The summed E-state index contributed by atoms with van der Waals surface area (Å²) in [6.45, 7) is 5.63. The van der Waals surface area contributed by atoms with Crippen LogP contribution in [0.25, 0.3) is 10.2 Å². The number of carboxylic acid groups (broad SMARTS) is 1. The Balaban J connectivity index is 2.47. The maximum Gasteiger partial charge on any atom is 0.317 e. The van der Waals surface area contributed by atoms with Crippen molar-refractivity contribution < 1.29 is 9.90 Å². The van der Waals surface area contributed by atoms with Gasteiger partial charge in [-0.1, -0.05) is 18.7 Å². The molecule has 0 saturated heterocycles. The first-order chi connectivity index (χ1) is 8.93. The van der Waals surface area contributed by atoms with Gasteiger partial charge in [-0.15, -0.1) is 11.3 Å². The summed E-state index contributed by atoms with van der Waals surface area (Å²) in [7, 11) is 0. The Morgan fingerprint density at radius 2 is 2.21 bits per heavy atom. The van der Waals surface area contributed by atoms with Gasteiger partial charge < -0.3 is 10.1 Å². The summed E-state index contributed by atoms with van der Waals surface area (Å²) in [5.41, 5.74) is 0.741. The number of nitrogens with one attached hydrogen (secondary N) is 1. The number of aromatic nitrogens is 2. The third-order valence-corrected chi connectivity index (χ3v) is 5.25. The minimum absolute atomic E-state index is 0.199. The number of carboxylic acids is 1. The lowest BCUT2D eigenvalue weighted by molar-refractivity contribution is -0.136. The van der Waals surface area contributed by atoms with E-state index in [-0.39, 0.29) is 5.56 Å². The third kappa shape index (κ3) is 2.66. The average molecular weight is 298 g/mol. The molecule has 0 aliphatic carbocycles. The van der Waals surface area contributed by atoms with E-state index in [4.69, 9.17) is 5.11 Å². The van der Waals surface area contributed by atoms with Gasteiger partial charge in [-0.3, -0.25) is 9.59 Å². The van der Waals surface area contributed by atoms with E-state index in [0.717, 1.165) is 22.2 Å². The number of fused-ring (bicyclic) bond motifs is 1. The molecule has 0 amide bonds. The average Bonchev–Trinajstić information content (AvgIpc) is 2.62. The molecule has 0 aliphatic heterocycles. The number of carbonyl (C=O) groups is 1. The normalized spacial score (nSPS) is 12.8. The minimum atomic E-state index is -0.895. The number of hydrogen-bond acceptors (Lipinski definition) is 5. The second-order valence-electron chi connectivity index (χ2n) is 4.19. The van der Waals surface area contributed by atoms with Gasteiger partial charge in [0.1, 0.15) is 10.1 Å². The molecule has 2 aromatic rings. The molecule has 2 aromatic heterocycles. The molecule has 0 fully saturated rings. The number of thiophene rings is 1. The summed E-state index contributed by atoms with van der Waals surface area (Å²) in [4.78, 5) is 31.8. The lowest BCUT2D eigenvalue weighted by Crippen LogP contribution is -2.17. The standard InChI is InChI=1S/C12H14N2O3S2/c1-4-7(11(16)17)19-12-13-9(15)8-5(2)6(3)18-10(8)14-12/h7H,4H2,1-3H3,(H,16,17)(H,13,14,15). The Bertz CT molecular complexity index is 690. The van der Waals surface area contributed by atoms with Crippen molar-refractivity contribution in [3.05, 3.63) is 20.8 Å². The van der Waals surface area contributed by atoms with E-state index in [1.807, 2.05) is 13.8 Å². The molecule has 2 rings (SSSR count). The molecule has 0 saturated carbocycles. The highest BCUT2D eigenvalue weighted by Crippen LogP contribution is 2.28. The van der Waals surface area contributed by atoms with Crippen LogP contribution in [0.4, 0.5) is 0 Å².